The lowest BCUT2D eigenvalue weighted by molar-refractivity contribution is 0.717. The lowest BCUT2D eigenvalue weighted by atomic mass is 10.1. The molecule has 0 nitrogen and oxygen atoms in total. The summed E-state index contributed by atoms with van der Waals surface area (Å²) in [5.74, 6) is 0. The van der Waals surface area contributed by atoms with Crippen LogP contribution in [-0.2, 0) is 6.42 Å². The van der Waals surface area contributed by atoms with Gasteiger partial charge in [-0.2, -0.15) is 0 Å². The molecule has 0 fully saturated rings. The Morgan fingerprint density at radius 3 is 2.64 bits per heavy atom. The summed E-state index contributed by atoms with van der Waals surface area (Å²) in [5, 5.41) is 0. The number of hydrogen-bond acceptors (Lipinski definition) is 0. The van der Waals surface area contributed by atoms with E-state index in [1.165, 1.54) is 0 Å². The second-order valence-corrected chi connectivity index (χ2v) is 2.66. The van der Waals surface area contributed by atoms with Crippen LogP contribution in [0.25, 0.3) is 0 Å². The van der Waals surface area contributed by atoms with E-state index < -0.39 is 6.37 Å². The molecule has 0 heterocycles. The van der Waals surface area contributed by atoms with Gasteiger partial charge in [-0.3, -0.25) is 0 Å². The van der Waals surface area contributed by atoms with E-state index in [2.05, 4.69) is 0 Å². The minimum Gasteiger partial charge on any atom is -0.0654 e. The van der Waals surface area contributed by atoms with Gasteiger partial charge in [0, 0.05) is 2.74 Å². The molecule has 0 aliphatic heterocycles. The third-order valence-electron chi connectivity index (χ3n) is 1.60. The molecule has 0 unspecified atom stereocenters. The molecule has 0 amide bonds. The second kappa shape index (κ2) is 4.95. The smallest absolute Gasteiger partial charge is 0.0270 e. The van der Waals surface area contributed by atoms with E-state index in [0.29, 0.717) is 12.8 Å². The summed E-state index contributed by atoms with van der Waals surface area (Å²) in [6, 6.07) is 9.83. The van der Waals surface area contributed by atoms with Crippen molar-refractivity contribution in [3.05, 3.63) is 35.9 Å². The van der Waals surface area contributed by atoms with E-state index >= 15 is 0 Å². The Morgan fingerprint density at radius 2 is 2.00 bits per heavy atom. The maximum atomic E-state index is 7.73. The van der Waals surface area contributed by atoms with Gasteiger partial charge in [0.15, 0.2) is 0 Å². The lowest BCUT2D eigenvalue weighted by Gasteiger charge is -1.98. The minimum atomic E-state index is -1.05. The van der Waals surface area contributed by atoms with E-state index in [-0.39, 0.29) is 0 Å². The Labute approximate surface area is 72.1 Å². The molecule has 1 rings (SSSR count). The molecule has 0 saturated heterocycles. The molecule has 0 heteroatoms. The Balaban J connectivity index is 2.58. The highest BCUT2D eigenvalue weighted by Gasteiger charge is 1.89. The average molecular weight is 150 g/mol. The molecule has 0 aliphatic carbocycles. The fraction of sp³-hybridized carbons (Fsp3) is 0.455. The molecule has 0 saturated carbocycles. The van der Waals surface area contributed by atoms with Gasteiger partial charge in [0.05, 0.1) is 0 Å². The predicted octanol–water partition coefficient (Wildman–Crippen LogP) is 3.42. The highest BCUT2D eigenvalue weighted by atomic mass is 13.9. The van der Waals surface area contributed by atoms with Crippen LogP contribution in [0.15, 0.2) is 30.3 Å². The van der Waals surface area contributed by atoms with Crippen molar-refractivity contribution in [3.8, 4) is 0 Å². The van der Waals surface area contributed by atoms with Crippen molar-refractivity contribution in [1.29, 1.82) is 0 Å². The fourth-order valence-electron chi connectivity index (χ4n) is 1.01. The van der Waals surface area contributed by atoms with E-state index in [9.17, 15) is 0 Å². The predicted molar refractivity (Wildman–Crippen MR) is 49.7 cm³/mol. The first kappa shape index (κ1) is 5.82. The van der Waals surface area contributed by atoms with Gasteiger partial charge in [-0.05, 0) is 18.4 Å². The largest absolute Gasteiger partial charge is 0.0654 e. The number of rotatable bonds is 4. The Bertz CT molecular complexity index is 242. The first-order valence-corrected chi connectivity index (χ1v) is 4.18. The van der Waals surface area contributed by atoms with Crippen LogP contribution in [0.2, 0.25) is 0 Å². The van der Waals surface area contributed by atoms with Gasteiger partial charge < -0.3 is 0 Å². The third-order valence-corrected chi connectivity index (χ3v) is 1.60. The van der Waals surface area contributed by atoms with Gasteiger partial charge >= 0.3 is 0 Å². The summed E-state index contributed by atoms with van der Waals surface area (Å²) >= 11 is 0. The van der Waals surface area contributed by atoms with Crippen molar-refractivity contribution < 1.29 is 2.74 Å². The second-order valence-electron chi connectivity index (χ2n) is 2.66. The van der Waals surface area contributed by atoms with Crippen LogP contribution >= 0.6 is 0 Å². The van der Waals surface area contributed by atoms with Gasteiger partial charge in [-0.15, -0.1) is 0 Å². The number of benzene rings is 1. The normalized spacial score (nSPS) is 13.9. The molecule has 0 bridgehead atoms. The molecule has 0 spiro atoms. The Hall–Kier alpha value is -0.780. The first-order chi connectivity index (χ1) is 6.14. The summed E-state index contributed by atoms with van der Waals surface area (Å²) in [4.78, 5) is 0. The first-order valence-electron chi connectivity index (χ1n) is 5.18. The van der Waals surface area contributed by atoms with Crippen LogP contribution in [0, 0.1) is 0 Å². The monoisotopic (exact) mass is 150 g/mol. The van der Waals surface area contributed by atoms with Crippen molar-refractivity contribution in [3.63, 3.8) is 0 Å². The van der Waals surface area contributed by atoms with Crippen molar-refractivity contribution in [2.75, 3.05) is 0 Å². The molecular formula is C11H16. The van der Waals surface area contributed by atoms with Gasteiger partial charge in [-0.1, -0.05) is 50.1 Å². The van der Waals surface area contributed by atoms with E-state index in [1.807, 2.05) is 37.3 Å². The fourth-order valence-corrected chi connectivity index (χ4v) is 1.01. The highest BCUT2D eigenvalue weighted by Crippen LogP contribution is 2.05. The molecule has 11 heavy (non-hydrogen) atoms. The summed E-state index contributed by atoms with van der Waals surface area (Å²) < 4.78 is 15.5. The average Bonchev–Trinajstić information content (AvgIpc) is 2.04. The molecule has 60 valence electrons. The maximum Gasteiger partial charge on any atom is 0.0270 e. The van der Waals surface area contributed by atoms with Gasteiger partial charge in [0.25, 0.3) is 0 Å². The molecule has 0 N–H and O–H groups in total. The molecule has 0 radical (unpaired) electrons. The van der Waals surface area contributed by atoms with Crippen molar-refractivity contribution in [2.24, 2.45) is 0 Å². The molecule has 0 aromatic heterocycles. The number of aryl methyl sites for hydroxylation is 1. The van der Waals surface area contributed by atoms with Crippen LogP contribution < -0.4 is 0 Å². The third kappa shape index (κ3) is 3.22. The summed E-state index contributed by atoms with van der Waals surface area (Å²) in [5.41, 5.74) is 1.08. The van der Waals surface area contributed by atoms with Crippen LogP contribution in [-0.4, -0.2) is 0 Å². The molecule has 0 aliphatic rings. The quantitative estimate of drug-likeness (QED) is 0.617. The zero-order valence-corrected chi connectivity index (χ0v) is 7.01. The van der Waals surface area contributed by atoms with Crippen LogP contribution in [0.3, 0.4) is 0 Å². The van der Waals surface area contributed by atoms with Crippen molar-refractivity contribution in [2.45, 2.75) is 32.6 Å². The molecule has 1 aromatic rings. The van der Waals surface area contributed by atoms with Gasteiger partial charge in [0.1, 0.15) is 0 Å². The molecule has 1 aromatic carbocycles. The van der Waals surface area contributed by atoms with Gasteiger partial charge in [0.2, 0.25) is 0 Å². The van der Waals surface area contributed by atoms with E-state index in [0.717, 1.165) is 12.0 Å². The SMILES string of the molecule is [2H]C([2H])(CCC)Cc1ccccc1. The summed E-state index contributed by atoms with van der Waals surface area (Å²) in [6.07, 6.45) is 1.03. The molecule has 0 atom stereocenters. The van der Waals surface area contributed by atoms with Crippen molar-refractivity contribution >= 4 is 0 Å². The zero-order chi connectivity index (χ0) is 9.73. The Kier molecular flexibility index (Phi) is 2.62. The Morgan fingerprint density at radius 1 is 1.27 bits per heavy atom. The van der Waals surface area contributed by atoms with Crippen LogP contribution in [0.1, 0.15) is 34.4 Å². The standard InChI is InChI=1S/C11H16/c1-2-3-5-8-11-9-6-4-7-10-11/h4,6-7,9-10H,2-3,5,8H2,1H3/i5D2. The number of hydrogen-bond donors (Lipinski definition) is 0. The van der Waals surface area contributed by atoms with E-state index in [4.69, 9.17) is 2.74 Å². The summed E-state index contributed by atoms with van der Waals surface area (Å²) in [6.45, 7) is 2.02. The zero-order valence-electron chi connectivity index (χ0n) is 9.01. The maximum absolute atomic E-state index is 7.73. The van der Waals surface area contributed by atoms with E-state index in [1.54, 1.807) is 0 Å². The lowest BCUT2D eigenvalue weighted by Crippen LogP contribution is -1.83. The highest BCUT2D eigenvalue weighted by molar-refractivity contribution is 5.14. The van der Waals surface area contributed by atoms with Crippen molar-refractivity contribution in [1.82, 2.24) is 0 Å². The molecular weight excluding hydrogens is 132 g/mol. The van der Waals surface area contributed by atoms with Crippen LogP contribution in [0.5, 0.6) is 0 Å². The van der Waals surface area contributed by atoms with Gasteiger partial charge in [-0.25, -0.2) is 0 Å². The summed E-state index contributed by atoms with van der Waals surface area (Å²) in [7, 11) is 0. The minimum absolute atomic E-state index is 0.529. The van der Waals surface area contributed by atoms with Crippen LogP contribution in [0.4, 0.5) is 0 Å². The topological polar surface area (TPSA) is 0 Å².